The molecule has 0 radical (unpaired) electrons. The summed E-state index contributed by atoms with van der Waals surface area (Å²) >= 11 is 0. The molecule has 3 aromatic carbocycles. The first kappa shape index (κ1) is 25.4. The van der Waals surface area contributed by atoms with Crippen molar-refractivity contribution >= 4 is 23.1 Å². The number of carbonyl (C=O) groups is 2. The van der Waals surface area contributed by atoms with E-state index < -0.39 is 17.7 Å². The first-order valence-corrected chi connectivity index (χ1v) is 12.6. The highest BCUT2D eigenvalue weighted by molar-refractivity contribution is 6.51. The van der Waals surface area contributed by atoms with Crippen LogP contribution in [0.15, 0.2) is 66.2 Å². The van der Waals surface area contributed by atoms with Gasteiger partial charge in [0.05, 0.1) is 24.3 Å². The Morgan fingerprint density at radius 3 is 2.29 bits per heavy atom. The predicted octanol–water partition coefficient (Wildman–Crippen LogP) is 5.70. The van der Waals surface area contributed by atoms with Crippen LogP contribution in [0.1, 0.15) is 49.1 Å². The fraction of sp³-hybridized carbons (Fsp3) is 0.290. The molecular weight excluding hydrogens is 482 g/mol. The monoisotopic (exact) mass is 513 g/mol. The summed E-state index contributed by atoms with van der Waals surface area (Å²) in [5.41, 5.74) is 3.42. The molecule has 0 spiro atoms. The van der Waals surface area contributed by atoms with E-state index in [1.165, 1.54) is 12.0 Å². The fourth-order valence-electron chi connectivity index (χ4n) is 4.91. The summed E-state index contributed by atoms with van der Waals surface area (Å²) in [6.07, 6.45) is 0. The topological polar surface area (TPSA) is 85.3 Å². The molecule has 7 heteroatoms. The largest absolute Gasteiger partial charge is 0.507 e. The number of nitrogens with zero attached hydrogens (tertiary/aromatic N) is 1. The molecule has 1 fully saturated rings. The van der Waals surface area contributed by atoms with Gasteiger partial charge in [-0.1, -0.05) is 56.7 Å². The maximum absolute atomic E-state index is 13.6. The van der Waals surface area contributed by atoms with Gasteiger partial charge in [-0.2, -0.15) is 0 Å². The minimum atomic E-state index is -0.864. The highest BCUT2D eigenvalue weighted by Gasteiger charge is 2.47. The molecule has 3 aromatic rings. The van der Waals surface area contributed by atoms with Gasteiger partial charge in [-0.25, -0.2) is 0 Å². The summed E-state index contributed by atoms with van der Waals surface area (Å²) in [7, 11) is 1.50. The zero-order chi connectivity index (χ0) is 27.2. The summed E-state index contributed by atoms with van der Waals surface area (Å²) in [5, 5.41) is 11.6. The van der Waals surface area contributed by atoms with E-state index in [0.717, 1.165) is 11.1 Å². The molecular formula is C31H31NO6. The van der Waals surface area contributed by atoms with E-state index in [0.29, 0.717) is 47.3 Å². The van der Waals surface area contributed by atoms with Gasteiger partial charge in [0.2, 0.25) is 0 Å². The van der Waals surface area contributed by atoms with E-state index in [1.54, 1.807) is 30.3 Å². The van der Waals surface area contributed by atoms with Crippen LogP contribution >= 0.6 is 0 Å². The van der Waals surface area contributed by atoms with Crippen molar-refractivity contribution in [2.45, 2.75) is 39.2 Å². The van der Waals surface area contributed by atoms with Gasteiger partial charge in [0.1, 0.15) is 24.7 Å². The minimum Gasteiger partial charge on any atom is -0.507 e. The molecule has 38 heavy (non-hydrogen) atoms. The van der Waals surface area contributed by atoms with Crippen LogP contribution in [0.3, 0.4) is 0 Å². The SMILES string of the molecule is COc1ccc(C)cc1/C(O)=C1\C(=O)C(=O)N(c2ccc3c(c2)OCCO3)C1c1ccc(C(C)(C)C)cc1. The van der Waals surface area contributed by atoms with E-state index in [1.807, 2.05) is 37.3 Å². The van der Waals surface area contributed by atoms with E-state index in [-0.39, 0.29) is 16.7 Å². The number of anilines is 1. The Bertz CT molecular complexity index is 1450. The first-order valence-electron chi connectivity index (χ1n) is 12.6. The van der Waals surface area contributed by atoms with E-state index in [9.17, 15) is 14.7 Å². The van der Waals surface area contributed by atoms with Crippen molar-refractivity contribution < 1.29 is 28.9 Å². The maximum atomic E-state index is 13.6. The number of aliphatic hydroxyl groups excluding tert-OH is 1. The molecule has 7 nitrogen and oxygen atoms in total. The number of hydrogen-bond acceptors (Lipinski definition) is 6. The number of carbonyl (C=O) groups excluding carboxylic acids is 2. The second-order valence-corrected chi connectivity index (χ2v) is 10.6. The standard InChI is InChI=1S/C31H31NO6/c1-18-6-12-23(36-5)22(16-18)28(33)26-27(19-7-9-20(10-8-19)31(2,3)4)32(30(35)29(26)34)21-11-13-24-25(17-21)38-15-14-37-24/h6-13,16-17,27,33H,14-15H2,1-5H3/b28-26+. The zero-order valence-corrected chi connectivity index (χ0v) is 22.2. The van der Waals surface area contributed by atoms with Crippen molar-refractivity contribution in [1.82, 2.24) is 0 Å². The van der Waals surface area contributed by atoms with Crippen LogP contribution in [0, 0.1) is 6.92 Å². The number of ether oxygens (including phenoxy) is 3. The fourth-order valence-corrected chi connectivity index (χ4v) is 4.91. The lowest BCUT2D eigenvalue weighted by molar-refractivity contribution is -0.132. The summed E-state index contributed by atoms with van der Waals surface area (Å²) in [6, 6.07) is 17.4. The number of aliphatic hydroxyl groups is 1. The summed E-state index contributed by atoms with van der Waals surface area (Å²) < 4.78 is 16.9. The maximum Gasteiger partial charge on any atom is 0.300 e. The van der Waals surface area contributed by atoms with Crippen molar-refractivity contribution in [3.8, 4) is 17.2 Å². The van der Waals surface area contributed by atoms with Crippen LogP contribution in [0.2, 0.25) is 0 Å². The molecule has 2 aliphatic heterocycles. The zero-order valence-electron chi connectivity index (χ0n) is 22.2. The van der Waals surface area contributed by atoms with Crippen molar-refractivity contribution in [2.75, 3.05) is 25.2 Å². The molecule has 196 valence electrons. The third-order valence-electron chi connectivity index (χ3n) is 6.95. The molecule has 0 aromatic heterocycles. The Balaban J connectivity index is 1.72. The van der Waals surface area contributed by atoms with Gasteiger partial charge in [-0.05, 0) is 47.7 Å². The Morgan fingerprint density at radius 2 is 1.63 bits per heavy atom. The normalized spacial score (nSPS) is 18.6. The van der Waals surface area contributed by atoms with Crippen LogP contribution in [0.4, 0.5) is 5.69 Å². The van der Waals surface area contributed by atoms with Gasteiger partial charge in [0.25, 0.3) is 11.7 Å². The predicted molar refractivity (Wildman–Crippen MR) is 145 cm³/mol. The third-order valence-corrected chi connectivity index (χ3v) is 6.95. The quantitative estimate of drug-likeness (QED) is 0.274. The number of Topliss-reactive ketones (excluding diaryl/α,β-unsaturated/α-hetero) is 1. The van der Waals surface area contributed by atoms with Gasteiger partial charge in [-0.3, -0.25) is 14.5 Å². The minimum absolute atomic E-state index is 0.00250. The molecule has 1 saturated heterocycles. The molecule has 0 bridgehead atoms. The number of ketones is 1. The van der Waals surface area contributed by atoms with Gasteiger partial charge in [0, 0.05) is 11.8 Å². The van der Waals surface area contributed by atoms with E-state index in [2.05, 4.69) is 20.8 Å². The highest BCUT2D eigenvalue weighted by atomic mass is 16.6. The van der Waals surface area contributed by atoms with Crippen molar-refractivity contribution in [3.05, 3.63) is 88.5 Å². The number of rotatable bonds is 4. The number of methoxy groups -OCH3 is 1. The molecule has 5 rings (SSSR count). The third kappa shape index (κ3) is 4.38. The Labute approximate surface area is 222 Å². The van der Waals surface area contributed by atoms with Crippen LogP contribution in [-0.2, 0) is 15.0 Å². The van der Waals surface area contributed by atoms with Crippen molar-refractivity contribution in [1.29, 1.82) is 0 Å². The number of fused-ring (bicyclic) bond motifs is 1. The molecule has 0 aliphatic carbocycles. The Hall–Kier alpha value is -4.26. The second kappa shape index (κ2) is 9.56. The van der Waals surface area contributed by atoms with Crippen LogP contribution in [0.25, 0.3) is 5.76 Å². The van der Waals surface area contributed by atoms with Gasteiger partial charge in [0.15, 0.2) is 11.5 Å². The molecule has 1 amide bonds. The molecule has 2 aliphatic rings. The van der Waals surface area contributed by atoms with E-state index in [4.69, 9.17) is 14.2 Å². The number of benzene rings is 3. The van der Waals surface area contributed by atoms with Gasteiger partial charge >= 0.3 is 0 Å². The average Bonchev–Trinajstić information content (AvgIpc) is 3.17. The van der Waals surface area contributed by atoms with Gasteiger partial charge in [-0.15, -0.1) is 0 Å². The summed E-state index contributed by atoms with van der Waals surface area (Å²) in [6.45, 7) is 9.07. The summed E-state index contributed by atoms with van der Waals surface area (Å²) in [5.74, 6) is -0.315. The van der Waals surface area contributed by atoms with Gasteiger partial charge < -0.3 is 19.3 Å². The van der Waals surface area contributed by atoms with E-state index >= 15 is 0 Å². The highest BCUT2D eigenvalue weighted by Crippen LogP contribution is 2.45. The molecule has 1 atom stereocenters. The lowest BCUT2D eigenvalue weighted by atomic mass is 9.85. The molecule has 1 N–H and O–H groups in total. The average molecular weight is 514 g/mol. The van der Waals surface area contributed by atoms with Crippen LogP contribution < -0.4 is 19.1 Å². The lowest BCUT2D eigenvalue weighted by Crippen LogP contribution is -2.29. The molecule has 1 unspecified atom stereocenters. The van der Waals surface area contributed by atoms with Crippen LogP contribution in [-0.4, -0.2) is 37.1 Å². The molecule has 0 saturated carbocycles. The number of hydrogen-bond donors (Lipinski definition) is 1. The van der Waals surface area contributed by atoms with Crippen LogP contribution in [0.5, 0.6) is 17.2 Å². The Morgan fingerprint density at radius 1 is 0.947 bits per heavy atom. The second-order valence-electron chi connectivity index (χ2n) is 10.6. The lowest BCUT2D eigenvalue weighted by Gasteiger charge is -2.28. The number of aryl methyl sites for hydroxylation is 1. The smallest absolute Gasteiger partial charge is 0.300 e. The molecule has 2 heterocycles. The van der Waals surface area contributed by atoms with Crippen molar-refractivity contribution in [2.24, 2.45) is 0 Å². The van der Waals surface area contributed by atoms with Crippen molar-refractivity contribution in [3.63, 3.8) is 0 Å². The summed E-state index contributed by atoms with van der Waals surface area (Å²) in [4.78, 5) is 28.6. The Kier molecular flexibility index (Phi) is 6.39. The number of amides is 1. The first-order chi connectivity index (χ1) is 18.1.